The SMILES string of the molecule is C=C/C=C(\C/C=C\CCC)CNC(N=C)NNC(=O)C[C@H](C)NC. The molecule has 0 spiro atoms. The number of hydrogen-bond acceptors (Lipinski definition) is 5. The number of hydrogen-bond donors (Lipinski definition) is 4. The van der Waals surface area contributed by atoms with Gasteiger partial charge >= 0.3 is 0 Å². The van der Waals surface area contributed by atoms with Gasteiger partial charge < -0.3 is 5.32 Å². The Balaban J connectivity index is 4.28. The molecule has 0 aliphatic heterocycles. The Hall–Kier alpha value is -1.76. The Morgan fingerprint density at radius 3 is 2.67 bits per heavy atom. The van der Waals surface area contributed by atoms with Crippen molar-refractivity contribution in [3.63, 3.8) is 0 Å². The fraction of sp³-hybridized carbons (Fsp3) is 0.556. The standard InChI is InChI=1S/C18H33N5O/c1-6-8-9-10-12-16(11-7-2)14-21-18(20-5)23-22-17(24)13-15(3)19-4/h7,9-11,15,18-19,21,23H,2,5-6,8,12-14H2,1,3-4H3,(H,22,24)/b10-9-,16-11+/t15-,18?/m0/s1. The number of aliphatic imine (C=N–C) groups is 1. The van der Waals surface area contributed by atoms with Crippen molar-refractivity contribution in [3.05, 3.63) is 36.5 Å². The van der Waals surface area contributed by atoms with Crippen molar-refractivity contribution in [2.75, 3.05) is 13.6 Å². The number of nitrogens with one attached hydrogen (secondary N) is 4. The van der Waals surface area contributed by atoms with Gasteiger partial charge in [-0.2, -0.15) is 5.43 Å². The molecule has 0 radical (unpaired) electrons. The Bertz CT molecular complexity index is 431. The highest BCUT2D eigenvalue weighted by Gasteiger charge is 2.09. The van der Waals surface area contributed by atoms with Crippen molar-refractivity contribution in [3.8, 4) is 0 Å². The average Bonchev–Trinajstić information content (AvgIpc) is 2.58. The molecule has 0 bridgehead atoms. The van der Waals surface area contributed by atoms with Gasteiger partial charge in [0.25, 0.3) is 0 Å². The molecule has 0 rings (SSSR count). The molecule has 0 fully saturated rings. The summed E-state index contributed by atoms with van der Waals surface area (Å²) in [5, 5.41) is 6.21. The van der Waals surface area contributed by atoms with E-state index in [-0.39, 0.29) is 11.9 Å². The van der Waals surface area contributed by atoms with E-state index >= 15 is 0 Å². The summed E-state index contributed by atoms with van der Waals surface area (Å²) in [7, 11) is 1.82. The predicted octanol–water partition coefficient (Wildman–Crippen LogP) is 2.04. The van der Waals surface area contributed by atoms with Gasteiger partial charge in [0, 0.05) is 19.0 Å². The zero-order valence-corrected chi connectivity index (χ0v) is 15.3. The van der Waals surface area contributed by atoms with E-state index in [2.05, 4.69) is 58.8 Å². The third-order valence-corrected chi connectivity index (χ3v) is 3.39. The number of carbonyl (C=O) groups excluding carboxylic acids is 1. The van der Waals surface area contributed by atoms with Gasteiger partial charge in [0.05, 0.1) is 0 Å². The van der Waals surface area contributed by atoms with E-state index in [1.807, 2.05) is 20.0 Å². The van der Waals surface area contributed by atoms with E-state index in [0.29, 0.717) is 13.0 Å². The van der Waals surface area contributed by atoms with Crippen molar-refractivity contribution < 1.29 is 4.79 Å². The second kappa shape index (κ2) is 14.8. The van der Waals surface area contributed by atoms with Crippen LogP contribution in [-0.4, -0.2) is 38.5 Å². The minimum absolute atomic E-state index is 0.100. The van der Waals surface area contributed by atoms with Gasteiger partial charge in [-0.15, -0.1) is 0 Å². The monoisotopic (exact) mass is 335 g/mol. The van der Waals surface area contributed by atoms with Crippen LogP contribution in [0.5, 0.6) is 0 Å². The van der Waals surface area contributed by atoms with E-state index in [1.54, 1.807) is 6.08 Å². The van der Waals surface area contributed by atoms with E-state index in [4.69, 9.17) is 0 Å². The number of hydrazine groups is 1. The molecule has 2 atom stereocenters. The fourth-order valence-corrected chi connectivity index (χ4v) is 1.85. The number of amides is 1. The van der Waals surface area contributed by atoms with Crippen molar-refractivity contribution in [1.29, 1.82) is 0 Å². The summed E-state index contributed by atoms with van der Waals surface area (Å²) >= 11 is 0. The van der Waals surface area contributed by atoms with Crippen LogP contribution in [0, 0.1) is 0 Å². The van der Waals surface area contributed by atoms with Crippen LogP contribution in [-0.2, 0) is 4.79 Å². The minimum atomic E-state index is -0.452. The van der Waals surface area contributed by atoms with Crippen molar-refractivity contribution in [1.82, 2.24) is 21.5 Å². The molecule has 1 unspecified atom stereocenters. The lowest BCUT2D eigenvalue weighted by molar-refractivity contribution is -0.122. The van der Waals surface area contributed by atoms with Crippen LogP contribution in [0.1, 0.15) is 39.5 Å². The van der Waals surface area contributed by atoms with Crippen LogP contribution in [0.2, 0.25) is 0 Å². The summed E-state index contributed by atoms with van der Waals surface area (Å²) in [6, 6.07) is 0.118. The largest absolute Gasteiger partial charge is 0.317 e. The van der Waals surface area contributed by atoms with Crippen molar-refractivity contribution in [2.45, 2.75) is 51.9 Å². The summed E-state index contributed by atoms with van der Waals surface area (Å²) in [6.07, 6.45) is 11.1. The first-order valence-corrected chi connectivity index (χ1v) is 8.43. The molecule has 0 saturated carbocycles. The number of allylic oxidation sites excluding steroid dienone is 4. The van der Waals surface area contributed by atoms with Gasteiger partial charge in [-0.1, -0.05) is 49.8 Å². The smallest absolute Gasteiger partial charge is 0.235 e. The molecule has 0 aliphatic carbocycles. The first-order valence-electron chi connectivity index (χ1n) is 8.43. The summed E-state index contributed by atoms with van der Waals surface area (Å²) in [5.41, 5.74) is 6.65. The molecular formula is C18H33N5O. The molecule has 0 aliphatic rings. The first-order chi connectivity index (χ1) is 11.6. The zero-order chi connectivity index (χ0) is 18.2. The molecule has 6 heteroatoms. The Morgan fingerprint density at radius 2 is 2.08 bits per heavy atom. The van der Waals surface area contributed by atoms with Gasteiger partial charge in [-0.3, -0.25) is 20.5 Å². The van der Waals surface area contributed by atoms with Gasteiger partial charge in [-0.05, 0) is 33.5 Å². The molecule has 0 aromatic carbocycles. The number of rotatable bonds is 14. The average molecular weight is 335 g/mol. The zero-order valence-electron chi connectivity index (χ0n) is 15.3. The second-order valence-electron chi connectivity index (χ2n) is 5.58. The Kier molecular flexibility index (Phi) is 13.7. The normalized spacial score (nSPS) is 14.4. The molecular weight excluding hydrogens is 302 g/mol. The molecule has 1 amide bonds. The maximum absolute atomic E-state index is 11.7. The van der Waals surface area contributed by atoms with Gasteiger partial charge in [0.15, 0.2) is 6.29 Å². The molecule has 0 saturated heterocycles. The van der Waals surface area contributed by atoms with Crippen LogP contribution in [0.4, 0.5) is 0 Å². The first kappa shape index (κ1) is 22.2. The third kappa shape index (κ3) is 11.8. The highest BCUT2D eigenvalue weighted by Crippen LogP contribution is 2.03. The summed E-state index contributed by atoms with van der Waals surface area (Å²) in [4.78, 5) is 15.7. The number of carbonyl (C=O) groups is 1. The fourth-order valence-electron chi connectivity index (χ4n) is 1.85. The number of nitrogens with zero attached hydrogens (tertiary/aromatic N) is 1. The second-order valence-corrected chi connectivity index (χ2v) is 5.58. The van der Waals surface area contributed by atoms with Crippen LogP contribution in [0.15, 0.2) is 41.4 Å². The van der Waals surface area contributed by atoms with E-state index in [1.165, 1.54) is 5.57 Å². The summed E-state index contributed by atoms with van der Waals surface area (Å²) < 4.78 is 0. The lowest BCUT2D eigenvalue weighted by Gasteiger charge is -2.18. The topological polar surface area (TPSA) is 77.6 Å². The maximum atomic E-state index is 11.7. The van der Waals surface area contributed by atoms with Gasteiger partial charge in [0.1, 0.15) is 0 Å². The molecule has 24 heavy (non-hydrogen) atoms. The molecule has 0 heterocycles. The summed E-state index contributed by atoms with van der Waals surface area (Å²) in [6.45, 7) is 12.0. The van der Waals surface area contributed by atoms with Gasteiger partial charge in [0.2, 0.25) is 5.91 Å². The predicted molar refractivity (Wildman–Crippen MR) is 103 cm³/mol. The highest BCUT2D eigenvalue weighted by molar-refractivity contribution is 5.75. The van der Waals surface area contributed by atoms with Crippen LogP contribution < -0.4 is 21.5 Å². The molecule has 0 aromatic heterocycles. The lowest BCUT2D eigenvalue weighted by Crippen LogP contribution is -2.51. The summed E-state index contributed by atoms with van der Waals surface area (Å²) in [5.74, 6) is -0.100. The van der Waals surface area contributed by atoms with E-state index in [9.17, 15) is 4.79 Å². The number of unbranched alkanes of at least 4 members (excludes halogenated alkanes) is 1. The molecule has 4 N–H and O–H groups in total. The quantitative estimate of drug-likeness (QED) is 0.129. The van der Waals surface area contributed by atoms with E-state index in [0.717, 1.165) is 19.3 Å². The Labute approximate surface area is 146 Å². The molecule has 6 nitrogen and oxygen atoms in total. The maximum Gasteiger partial charge on any atom is 0.235 e. The Morgan fingerprint density at radius 1 is 1.33 bits per heavy atom. The minimum Gasteiger partial charge on any atom is -0.317 e. The van der Waals surface area contributed by atoms with Crippen LogP contribution >= 0.6 is 0 Å². The third-order valence-electron chi connectivity index (χ3n) is 3.39. The molecule has 0 aromatic rings. The highest BCUT2D eigenvalue weighted by atomic mass is 16.2. The van der Waals surface area contributed by atoms with Crippen LogP contribution in [0.25, 0.3) is 0 Å². The van der Waals surface area contributed by atoms with Crippen molar-refractivity contribution >= 4 is 12.6 Å². The molecule has 136 valence electrons. The van der Waals surface area contributed by atoms with Gasteiger partial charge in [-0.25, -0.2) is 0 Å². The van der Waals surface area contributed by atoms with Crippen LogP contribution in [0.3, 0.4) is 0 Å². The van der Waals surface area contributed by atoms with E-state index < -0.39 is 6.29 Å². The van der Waals surface area contributed by atoms with Crippen molar-refractivity contribution in [2.24, 2.45) is 4.99 Å². The lowest BCUT2D eigenvalue weighted by atomic mass is 10.1.